The number of anilines is 2. The Labute approximate surface area is 101 Å². The van der Waals surface area contributed by atoms with Gasteiger partial charge in [0.15, 0.2) is 5.82 Å². The molecule has 0 bridgehead atoms. The van der Waals surface area contributed by atoms with Crippen LogP contribution in [0.5, 0.6) is 5.88 Å². The predicted molar refractivity (Wildman–Crippen MR) is 67.0 cm³/mol. The Morgan fingerprint density at radius 2 is 2.29 bits per heavy atom. The Morgan fingerprint density at radius 3 is 2.94 bits per heavy atom. The van der Waals surface area contributed by atoms with E-state index in [-0.39, 0.29) is 6.10 Å². The number of nitrogens with zero attached hydrogens (tertiary/aromatic N) is 2. The van der Waals surface area contributed by atoms with Gasteiger partial charge in [-0.2, -0.15) is 4.98 Å². The number of aliphatic hydroxyl groups is 1. The fraction of sp³-hybridized carbons (Fsp3) is 0.636. The van der Waals surface area contributed by atoms with Crippen molar-refractivity contribution in [2.24, 2.45) is 0 Å². The van der Waals surface area contributed by atoms with E-state index >= 15 is 0 Å². The highest BCUT2D eigenvalue weighted by atomic mass is 16.5. The van der Waals surface area contributed by atoms with Crippen LogP contribution in [0.25, 0.3) is 0 Å². The smallest absolute Gasteiger partial charge is 0.242 e. The van der Waals surface area contributed by atoms with Crippen molar-refractivity contribution < 1.29 is 9.84 Å². The summed E-state index contributed by atoms with van der Waals surface area (Å²) in [6.07, 6.45) is 2.73. The van der Waals surface area contributed by atoms with Crippen LogP contribution in [0.15, 0.2) is 6.33 Å². The zero-order valence-corrected chi connectivity index (χ0v) is 10.3. The zero-order chi connectivity index (χ0) is 12.7. The maximum atomic E-state index is 9.12. The van der Waals surface area contributed by atoms with Crippen LogP contribution in [-0.4, -0.2) is 34.3 Å². The Bertz CT molecular complexity index is 344. The molecule has 0 saturated carbocycles. The molecule has 1 heterocycles. The Kier molecular flexibility index (Phi) is 5.48. The van der Waals surface area contributed by atoms with E-state index in [1.54, 1.807) is 6.92 Å². The van der Waals surface area contributed by atoms with Gasteiger partial charge in [0, 0.05) is 6.54 Å². The lowest BCUT2D eigenvalue weighted by Crippen LogP contribution is -2.10. The fourth-order valence-electron chi connectivity index (χ4n) is 1.38. The molecule has 17 heavy (non-hydrogen) atoms. The molecule has 96 valence electrons. The van der Waals surface area contributed by atoms with Crippen LogP contribution in [0.4, 0.5) is 11.5 Å². The number of nitrogen functional groups attached to an aromatic ring is 1. The first-order valence-electron chi connectivity index (χ1n) is 5.80. The van der Waals surface area contributed by atoms with Crippen LogP contribution in [-0.2, 0) is 0 Å². The number of rotatable bonds is 7. The highest BCUT2D eigenvalue weighted by molar-refractivity contribution is 5.66. The molecule has 0 aromatic carbocycles. The summed E-state index contributed by atoms with van der Waals surface area (Å²) in [6.45, 7) is 4.86. The first kappa shape index (κ1) is 13.5. The van der Waals surface area contributed by atoms with Gasteiger partial charge in [-0.1, -0.05) is 0 Å². The molecule has 0 aliphatic carbocycles. The maximum absolute atomic E-state index is 9.12. The number of aromatic nitrogens is 2. The van der Waals surface area contributed by atoms with Gasteiger partial charge in [-0.05, 0) is 26.7 Å². The summed E-state index contributed by atoms with van der Waals surface area (Å²) in [5.74, 6) is 0.981. The number of ether oxygens (including phenoxy) is 1. The first-order valence-corrected chi connectivity index (χ1v) is 5.80. The molecule has 0 aliphatic rings. The quantitative estimate of drug-likeness (QED) is 0.616. The Hall–Kier alpha value is -1.56. The van der Waals surface area contributed by atoms with Crippen LogP contribution in [0.1, 0.15) is 26.7 Å². The monoisotopic (exact) mass is 240 g/mol. The molecule has 4 N–H and O–H groups in total. The minimum absolute atomic E-state index is 0.279. The van der Waals surface area contributed by atoms with Crippen molar-refractivity contribution in [1.82, 2.24) is 9.97 Å². The summed E-state index contributed by atoms with van der Waals surface area (Å²) in [5.41, 5.74) is 6.27. The molecule has 0 aliphatic heterocycles. The van der Waals surface area contributed by atoms with Crippen molar-refractivity contribution >= 4 is 11.5 Å². The first-order chi connectivity index (χ1) is 8.15. The molecule has 0 amide bonds. The molecule has 1 unspecified atom stereocenters. The number of nitrogens with two attached hydrogens (primary N) is 1. The maximum Gasteiger partial charge on any atom is 0.242 e. The minimum Gasteiger partial charge on any atom is -0.476 e. The van der Waals surface area contributed by atoms with E-state index in [4.69, 9.17) is 15.6 Å². The number of nitrogens with one attached hydrogen (secondary N) is 1. The summed E-state index contributed by atoms with van der Waals surface area (Å²) in [5, 5.41) is 12.2. The summed E-state index contributed by atoms with van der Waals surface area (Å²) < 4.78 is 5.27. The van der Waals surface area contributed by atoms with Crippen molar-refractivity contribution in [3.05, 3.63) is 6.33 Å². The van der Waals surface area contributed by atoms with E-state index in [9.17, 15) is 0 Å². The van der Waals surface area contributed by atoms with Gasteiger partial charge in [-0.15, -0.1) is 0 Å². The minimum atomic E-state index is -0.279. The van der Waals surface area contributed by atoms with Gasteiger partial charge in [0.25, 0.3) is 0 Å². The van der Waals surface area contributed by atoms with E-state index < -0.39 is 0 Å². The lowest BCUT2D eigenvalue weighted by molar-refractivity contribution is 0.183. The fourth-order valence-corrected chi connectivity index (χ4v) is 1.38. The number of hydrogen-bond donors (Lipinski definition) is 3. The second kappa shape index (κ2) is 6.90. The van der Waals surface area contributed by atoms with Crippen LogP contribution < -0.4 is 15.8 Å². The van der Waals surface area contributed by atoms with E-state index in [1.807, 2.05) is 6.92 Å². The van der Waals surface area contributed by atoms with Crippen LogP contribution >= 0.6 is 0 Å². The molecule has 1 atom stereocenters. The molecule has 1 rings (SSSR count). The van der Waals surface area contributed by atoms with Gasteiger partial charge < -0.3 is 20.9 Å². The van der Waals surface area contributed by atoms with Crippen molar-refractivity contribution in [2.45, 2.75) is 32.8 Å². The molecule has 6 heteroatoms. The largest absolute Gasteiger partial charge is 0.476 e. The van der Waals surface area contributed by atoms with E-state index in [0.717, 1.165) is 12.8 Å². The van der Waals surface area contributed by atoms with Crippen molar-refractivity contribution in [3.63, 3.8) is 0 Å². The molecular weight excluding hydrogens is 220 g/mol. The van der Waals surface area contributed by atoms with E-state index in [0.29, 0.717) is 30.5 Å². The van der Waals surface area contributed by atoms with Gasteiger partial charge >= 0.3 is 0 Å². The lowest BCUT2D eigenvalue weighted by atomic mass is 10.2. The molecule has 0 fully saturated rings. The van der Waals surface area contributed by atoms with E-state index in [1.165, 1.54) is 6.33 Å². The standard InChI is InChI=1S/C11H20N4O2/c1-3-17-11-9(12)10(14-7-15-11)13-6-4-5-8(2)16/h7-8,16H,3-6,12H2,1-2H3,(H,13,14,15). The Balaban J connectivity index is 2.50. The third-order valence-corrected chi connectivity index (χ3v) is 2.22. The second-order valence-electron chi connectivity index (χ2n) is 3.79. The normalized spacial score (nSPS) is 12.2. The molecule has 0 spiro atoms. The summed E-state index contributed by atoms with van der Waals surface area (Å²) in [7, 11) is 0. The number of aliphatic hydroxyl groups excluding tert-OH is 1. The van der Waals surface area contributed by atoms with Crippen molar-refractivity contribution in [3.8, 4) is 5.88 Å². The molecule has 1 aromatic heterocycles. The van der Waals surface area contributed by atoms with Gasteiger partial charge in [0.2, 0.25) is 5.88 Å². The summed E-state index contributed by atoms with van der Waals surface area (Å²) >= 11 is 0. The Morgan fingerprint density at radius 1 is 1.53 bits per heavy atom. The molecule has 0 saturated heterocycles. The van der Waals surface area contributed by atoms with Crippen molar-refractivity contribution in [2.75, 3.05) is 24.2 Å². The van der Waals surface area contributed by atoms with Gasteiger partial charge in [-0.25, -0.2) is 4.98 Å². The van der Waals surface area contributed by atoms with Crippen LogP contribution in [0, 0.1) is 0 Å². The van der Waals surface area contributed by atoms with Crippen molar-refractivity contribution in [1.29, 1.82) is 0 Å². The lowest BCUT2D eigenvalue weighted by Gasteiger charge is -2.11. The molecule has 6 nitrogen and oxygen atoms in total. The topological polar surface area (TPSA) is 93.3 Å². The zero-order valence-electron chi connectivity index (χ0n) is 10.3. The van der Waals surface area contributed by atoms with Crippen LogP contribution in [0.2, 0.25) is 0 Å². The van der Waals surface area contributed by atoms with Crippen LogP contribution in [0.3, 0.4) is 0 Å². The highest BCUT2D eigenvalue weighted by Gasteiger charge is 2.08. The second-order valence-corrected chi connectivity index (χ2v) is 3.79. The SMILES string of the molecule is CCOc1ncnc(NCCCC(C)O)c1N. The van der Waals surface area contributed by atoms with Gasteiger partial charge in [-0.3, -0.25) is 0 Å². The van der Waals surface area contributed by atoms with E-state index in [2.05, 4.69) is 15.3 Å². The molecule has 1 aromatic rings. The number of hydrogen-bond acceptors (Lipinski definition) is 6. The summed E-state index contributed by atoms with van der Waals surface area (Å²) in [6, 6.07) is 0. The van der Waals surface area contributed by atoms with Gasteiger partial charge in [0.1, 0.15) is 12.0 Å². The average Bonchev–Trinajstić information content (AvgIpc) is 2.29. The average molecular weight is 240 g/mol. The molecule has 0 radical (unpaired) electrons. The molecular formula is C11H20N4O2. The third-order valence-electron chi connectivity index (χ3n) is 2.22. The predicted octanol–water partition coefficient (Wildman–Crippen LogP) is 1.03. The third kappa shape index (κ3) is 4.44. The van der Waals surface area contributed by atoms with Gasteiger partial charge in [0.05, 0.1) is 12.7 Å². The summed E-state index contributed by atoms with van der Waals surface area (Å²) in [4.78, 5) is 7.99. The highest BCUT2D eigenvalue weighted by Crippen LogP contribution is 2.24.